The van der Waals surface area contributed by atoms with Crippen LogP contribution in [0.1, 0.15) is 42.5 Å². The van der Waals surface area contributed by atoms with E-state index in [1.807, 2.05) is 71.0 Å². The van der Waals surface area contributed by atoms with E-state index in [2.05, 4.69) is 5.32 Å². The smallest absolute Gasteiger partial charge is 0.264 e. The number of rotatable bonds is 12. The summed E-state index contributed by atoms with van der Waals surface area (Å²) in [5.74, 6) is -0.682. The number of nitrogens with one attached hydrogen (secondary N) is 1. The lowest BCUT2D eigenvalue weighted by Gasteiger charge is -2.33. The summed E-state index contributed by atoms with van der Waals surface area (Å²) < 4.78 is 29.0. The average Bonchev–Trinajstić information content (AvgIpc) is 2.92. The third-order valence-electron chi connectivity index (χ3n) is 6.89. The minimum atomic E-state index is -4.07. The van der Waals surface area contributed by atoms with Crippen molar-refractivity contribution in [2.45, 2.75) is 58.4 Å². The predicted octanol–water partition coefficient (Wildman–Crippen LogP) is 4.79. The molecule has 7 nitrogen and oxygen atoms in total. The summed E-state index contributed by atoms with van der Waals surface area (Å²) in [6.45, 7) is 9.72. The van der Waals surface area contributed by atoms with Gasteiger partial charge < -0.3 is 10.2 Å². The second kappa shape index (κ2) is 13.4. The van der Waals surface area contributed by atoms with Crippen LogP contribution in [0.4, 0.5) is 5.69 Å². The molecule has 0 heterocycles. The average molecular weight is 550 g/mol. The maximum Gasteiger partial charge on any atom is 0.264 e. The van der Waals surface area contributed by atoms with Gasteiger partial charge in [-0.25, -0.2) is 8.42 Å². The van der Waals surface area contributed by atoms with Crippen molar-refractivity contribution >= 4 is 27.5 Å². The first kappa shape index (κ1) is 29.9. The van der Waals surface area contributed by atoms with Gasteiger partial charge in [-0.1, -0.05) is 61.0 Å². The fourth-order valence-electron chi connectivity index (χ4n) is 4.43. The third kappa shape index (κ3) is 7.47. The van der Waals surface area contributed by atoms with Crippen molar-refractivity contribution in [2.24, 2.45) is 0 Å². The maximum atomic E-state index is 14.0. The van der Waals surface area contributed by atoms with Gasteiger partial charge in [0.15, 0.2) is 0 Å². The lowest BCUT2D eigenvalue weighted by molar-refractivity contribution is -0.139. The van der Waals surface area contributed by atoms with Gasteiger partial charge in [-0.05, 0) is 81.5 Å². The zero-order chi connectivity index (χ0) is 28.6. The lowest BCUT2D eigenvalue weighted by Crippen LogP contribution is -2.53. The Hall–Kier alpha value is -3.65. The Kier molecular flexibility index (Phi) is 10.3. The van der Waals surface area contributed by atoms with Crippen LogP contribution in [-0.4, -0.2) is 50.8 Å². The van der Waals surface area contributed by atoms with Crippen molar-refractivity contribution in [1.29, 1.82) is 0 Å². The first-order valence-corrected chi connectivity index (χ1v) is 14.8. The largest absolute Gasteiger partial charge is 0.355 e. The van der Waals surface area contributed by atoms with Crippen LogP contribution >= 0.6 is 0 Å². The maximum absolute atomic E-state index is 14.0. The minimum Gasteiger partial charge on any atom is -0.355 e. The molecule has 208 valence electrons. The van der Waals surface area contributed by atoms with Crippen molar-refractivity contribution in [2.75, 3.05) is 23.9 Å². The molecule has 0 radical (unpaired) electrons. The number of nitrogens with zero attached hydrogens (tertiary/aromatic N) is 2. The Morgan fingerprint density at radius 3 is 2.13 bits per heavy atom. The van der Waals surface area contributed by atoms with Gasteiger partial charge in [0.25, 0.3) is 10.0 Å². The van der Waals surface area contributed by atoms with E-state index in [9.17, 15) is 18.0 Å². The van der Waals surface area contributed by atoms with Gasteiger partial charge >= 0.3 is 0 Å². The second-order valence-corrected chi connectivity index (χ2v) is 11.6. The van der Waals surface area contributed by atoms with Crippen LogP contribution < -0.4 is 9.62 Å². The fourth-order valence-corrected chi connectivity index (χ4v) is 5.84. The molecule has 0 fully saturated rings. The molecule has 0 aliphatic carbocycles. The van der Waals surface area contributed by atoms with Crippen molar-refractivity contribution in [3.05, 3.63) is 95.1 Å². The summed E-state index contributed by atoms with van der Waals surface area (Å²) >= 11 is 0. The summed E-state index contributed by atoms with van der Waals surface area (Å²) in [5.41, 5.74) is 4.30. The van der Waals surface area contributed by atoms with E-state index in [0.717, 1.165) is 26.6 Å². The molecule has 39 heavy (non-hydrogen) atoms. The van der Waals surface area contributed by atoms with Crippen LogP contribution in [-0.2, 0) is 26.0 Å². The molecule has 3 aromatic rings. The monoisotopic (exact) mass is 549 g/mol. The Morgan fingerprint density at radius 2 is 1.54 bits per heavy atom. The predicted molar refractivity (Wildman–Crippen MR) is 156 cm³/mol. The standard InChI is InChI=1S/C31H39N3O4S/c1-6-29(31(36)32-7-2)33(20-19-26-11-9-8-10-12-26)30(35)22-34(27-16-15-24(4)25(5)21-27)39(37,38)28-17-13-23(3)14-18-28/h8-18,21,29H,6-7,19-20,22H2,1-5H3,(H,32,36)/t29-/m1/s1. The molecule has 0 aromatic heterocycles. The number of carbonyl (C=O) groups excluding carboxylic acids is 2. The van der Waals surface area contributed by atoms with E-state index in [0.29, 0.717) is 25.1 Å². The number of likely N-dealkylation sites (N-methyl/N-ethyl adjacent to an activating group) is 1. The Bertz CT molecular complexity index is 1370. The van der Waals surface area contributed by atoms with Gasteiger partial charge in [0.05, 0.1) is 10.6 Å². The molecule has 2 amide bonds. The molecule has 3 aromatic carbocycles. The third-order valence-corrected chi connectivity index (χ3v) is 8.68. The quantitative estimate of drug-likeness (QED) is 0.352. The molecule has 0 saturated heterocycles. The van der Waals surface area contributed by atoms with Crippen molar-refractivity contribution < 1.29 is 18.0 Å². The molecule has 1 atom stereocenters. The first-order valence-electron chi connectivity index (χ1n) is 13.4. The molecule has 0 unspecified atom stereocenters. The molecule has 1 N–H and O–H groups in total. The fraction of sp³-hybridized carbons (Fsp3) is 0.355. The summed E-state index contributed by atoms with van der Waals surface area (Å²) in [4.78, 5) is 28.6. The summed E-state index contributed by atoms with van der Waals surface area (Å²) in [6, 6.07) is 20.9. The van der Waals surface area contributed by atoms with Gasteiger partial charge in [0.2, 0.25) is 11.8 Å². The van der Waals surface area contributed by atoms with E-state index in [1.165, 1.54) is 4.90 Å². The van der Waals surface area contributed by atoms with Gasteiger partial charge in [0, 0.05) is 13.1 Å². The Morgan fingerprint density at radius 1 is 0.872 bits per heavy atom. The molecular weight excluding hydrogens is 510 g/mol. The van der Waals surface area contributed by atoms with Crippen LogP contribution in [0.15, 0.2) is 77.7 Å². The molecule has 0 spiro atoms. The van der Waals surface area contributed by atoms with Crippen LogP contribution in [0.25, 0.3) is 0 Å². The molecule has 3 rings (SSSR count). The number of hydrogen-bond donors (Lipinski definition) is 1. The van der Waals surface area contributed by atoms with Gasteiger partial charge in [-0.2, -0.15) is 0 Å². The van der Waals surface area contributed by atoms with Crippen LogP contribution in [0.3, 0.4) is 0 Å². The Balaban J connectivity index is 2.03. The second-order valence-electron chi connectivity index (χ2n) is 9.73. The number of anilines is 1. The lowest BCUT2D eigenvalue weighted by atomic mass is 10.1. The van der Waals surface area contributed by atoms with Gasteiger partial charge in [-0.3, -0.25) is 13.9 Å². The normalized spacial score (nSPS) is 12.0. The minimum absolute atomic E-state index is 0.103. The Labute approximate surface area is 232 Å². The number of benzene rings is 3. The summed E-state index contributed by atoms with van der Waals surface area (Å²) in [5, 5.41) is 2.83. The highest BCUT2D eigenvalue weighted by Crippen LogP contribution is 2.26. The topological polar surface area (TPSA) is 86.8 Å². The number of amides is 2. The molecule has 0 bridgehead atoms. The molecule has 0 saturated carbocycles. The van der Waals surface area contributed by atoms with Crippen LogP contribution in [0.5, 0.6) is 0 Å². The van der Waals surface area contributed by atoms with Gasteiger partial charge in [0.1, 0.15) is 12.6 Å². The molecular formula is C31H39N3O4S. The molecule has 0 aliphatic rings. The highest BCUT2D eigenvalue weighted by Gasteiger charge is 2.33. The van der Waals surface area contributed by atoms with Crippen molar-refractivity contribution in [3.8, 4) is 0 Å². The zero-order valence-electron chi connectivity index (χ0n) is 23.5. The number of carbonyl (C=O) groups is 2. The highest BCUT2D eigenvalue weighted by molar-refractivity contribution is 7.92. The van der Waals surface area contributed by atoms with E-state index in [-0.39, 0.29) is 17.3 Å². The highest BCUT2D eigenvalue weighted by atomic mass is 32.2. The molecule has 0 aliphatic heterocycles. The van der Waals surface area contributed by atoms with E-state index in [4.69, 9.17) is 0 Å². The summed E-state index contributed by atoms with van der Waals surface area (Å²) in [7, 11) is -4.07. The van der Waals surface area contributed by atoms with Crippen molar-refractivity contribution in [3.63, 3.8) is 0 Å². The molecule has 8 heteroatoms. The van der Waals surface area contributed by atoms with Crippen LogP contribution in [0.2, 0.25) is 0 Å². The number of hydrogen-bond acceptors (Lipinski definition) is 4. The van der Waals surface area contributed by atoms with E-state index in [1.54, 1.807) is 36.4 Å². The van der Waals surface area contributed by atoms with E-state index < -0.39 is 28.5 Å². The van der Waals surface area contributed by atoms with Crippen molar-refractivity contribution in [1.82, 2.24) is 10.2 Å². The number of sulfonamides is 1. The van der Waals surface area contributed by atoms with Gasteiger partial charge in [-0.15, -0.1) is 0 Å². The van der Waals surface area contributed by atoms with E-state index >= 15 is 0 Å². The van der Waals surface area contributed by atoms with Crippen LogP contribution in [0, 0.1) is 20.8 Å². The SMILES string of the molecule is CCNC(=O)[C@@H](CC)N(CCc1ccccc1)C(=O)CN(c1ccc(C)c(C)c1)S(=O)(=O)c1ccc(C)cc1. The first-order chi connectivity index (χ1) is 18.6. The number of aryl methyl sites for hydroxylation is 3. The zero-order valence-corrected chi connectivity index (χ0v) is 24.3. The summed E-state index contributed by atoms with van der Waals surface area (Å²) in [6.07, 6.45) is 0.942.